The number of carbonyl (C=O) groups excluding carboxylic acids is 1. The minimum absolute atomic E-state index is 0.125. The molecule has 140 valence electrons. The zero-order chi connectivity index (χ0) is 19.2. The Morgan fingerprint density at radius 3 is 2.74 bits per heavy atom. The van der Waals surface area contributed by atoms with E-state index in [1.807, 2.05) is 31.1 Å². The summed E-state index contributed by atoms with van der Waals surface area (Å²) in [5, 5.41) is 11.8. The van der Waals surface area contributed by atoms with Crippen LogP contribution in [0.3, 0.4) is 0 Å². The Kier molecular flexibility index (Phi) is 6.31. The fourth-order valence-electron chi connectivity index (χ4n) is 2.32. The molecule has 0 spiro atoms. The van der Waals surface area contributed by atoms with Crippen molar-refractivity contribution in [3.8, 4) is 11.5 Å². The van der Waals surface area contributed by atoms with Crippen LogP contribution in [-0.4, -0.2) is 40.9 Å². The number of anilines is 1. The molecule has 2 aromatic heterocycles. The van der Waals surface area contributed by atoms with Gasteiger partial charge in [-0.05, 0) is 30.3 Å². The van der Waals surface area contributed by atoms with E-state index in [0.29, 0.717) is 22.7 Å². The summed E-state index contributed by atoms with van der Waals surface area (Å²) in [6, 6.07) is 10.9. The zero-order valence-electron chi connectivity index (χ0n) is 14.8. The van der Waals surface area contributed by atoms with E-state index in [9.17, 15) is 4.79 Å². The molecule has 0 unspecified atom stereocenters. The van der Waals surface area contributed by atoms with E-state index in [-0.39, 0.29) is 11.7 Å². The van der Waals surface area contributed by atoms with Crippen molar-refractivity contribution in [2.45, 2.75) is 11.8 Å². The lowest BCUT2D eigenvalue weighted by Gasteiger charge is -2.15. The fourth-order valence-corrected chi connectivity index (χ4v) is 3.04. The summed E-state index contributed by atoms with van der Waals surface area (Å²) >= 11 is 7.06. The number of halogens is 1. The Labute approximate surface area is 166 Å². The molecule has 0 saturated heterocycles. The maximum atomic E-state index is 12.1. The van der Waals surface area contributed by atoms with Crippen LogP contribution in [0.5, 0.6) is 0 Å². The number of hydrogen-bond acceptors (Lipinski definition) is 7. The second-order valence-electron chi connectivity index (χ2n) is 5.83. The van der Waals surface area contributed by atoms with Crippen molar-refractivity contribution in [2.75, 3.05) is 24.7 Å². The lowest BCUT2D eigenvalue weighted by molar-refractivity contribution is -0.118. The first-order valence-electron chi connectivity index (χ1n) is 8.13. The predicted molar refractivity (Wildman–Crippen MR) is 106 cm³/mol. The average molecular weight is 404 g/mol. The third-order valence-electron chi connectivity index (χ3n) is 3.59. The maximum Gasteiger partial charge on any atom is 0.277 e. The highest BCUT2D eigenvalue weighted by Crippen LogP contribution is 2.24. The molecule has 9 heteroatoms. The Bertz CT molecular complexity index is 914. The highest BCUT2D eigenvalue weighted by atomic mass is 35.5. The number of nitrogens with zero attached hydrogens (tertiary/aromatic N) is 4. The molecule has 1 amide bonds. The molecule has 27 heavy (non-hydrogen) atoms. The third kappa shape index (κ3) is 5.21. The zero-order valence-corrected chi connectivity index (χ0v) is 16.4. The van der Waals surface area contributed by atoms with Crippen molar-refractivity contribution < 1.29 is 9.21 Å². The molecular weight excluding hydrogens is 386 g/mol. The normalized spacial score (nSPS) is 10.6. The monoisotopic (exact) mass is 403 g/mol. The number of aromatic nitrogens is 3. The molecule has 3 rings (SSSR count). The summed E-state index contributed by atoms with van der Waals surface area (Å²) in [6.45, 7) is 0.403. The van der Waals surface area contributed by atoms with Crippen LogP contribution < -0.4 is 10.2 Å². The van der Waals surface area contributed by atoms with Gasteiger partial charge in [0.05, 0.1) is 5.75 Å². The second kappa shape index (κ2) is 8.88. The van der Waals surface area contributed by atoms with Gasteiger partial charge in [0.15, 0.2) is 0 Å². The van der Waals surface area contributed by atoms with Gasteiger partial charge in [0.25, 0.3) is 5.22 Å². The van der Waals surface area contributed by atoms with Gasteiger partial charge in [-0.15, -0.1) is 10.2 Å². The molecule has 0 fully saturated rings. The quantitative estimate of drug-likeness (QED) is 0.606. The van der Waals surface area contributed by atoms with Crippen molar-refractivity contribution in [2.24, 2.45) is 0 Å². The first-order chi connectivity index (χ1) is 13.0. The molecule has 7 nitrogen and oxygen atoms in total. The van der Waals surface area contributed by atoms with Gasteiger partial charge in [0.1, 0.15) is 5.82 Å². The molecule has 0 atom stereocenters. The molecule has 0 radical (unpaired) electrons. The van der Waals surface area contributed by atoms with Crippen molar-refractivity contribution in [3.63, 3.8) is 0 Å². The molecule has 1 N–H and O–H groups in total. The molecule has 0 aliphatic carbocycles. The SMILES string of the molecule is CN(C)c1ncccc1CNC(=O)CSc1nnc(-c2ccc(Cl)cc2)o1. The largest absolute Gasteiger partial charge is 0.411 e. The van der Waals surface area contributed by atoms with E-state index in [4.69, 9.17) is 16.0 Å². The molecule has 2 heterocycles. The van der Waals surface area contributed by atoms with Crippen molar-refractivity contribution in [3.05, 3.63) is 53.2 Å². The van der Waals surface area contributed by atoms with Crippen LogP contribution in [0.4, 0.5) is 5.82 Å². The fraction of sp³-hybridized carbons (Fsp3) is 0.222. The molecule has 0 saturated carbocycles. The smallest absolute Gasteiger partial charge is 0.277 e. The predicted octanol–water partition coefficient (Wildman–Crippen LogP) is 3.26. The molecule has 0 aliphatic heterocycles. The van der Waals surface area contributed by atoms with E-state index in [1.165, 1.54) is 11.8 Å². The van der Waals surface area contributed by atoms with Gasteiger partial charge in [-0.25, -0.2) is 4.98 Å². The van der Waals surface area contributed by atoms with Gasteiger partial charge in [0.2, 0.25) is 11.8 Å². The van der Waals surface area contributed by atoms with Gasteiger partial charge >= 0.3 is 0 Å². The van der Waals surface area contributed by atoms with Gasteiger partial charge in [-0.2, -0.15) is 0 Å². The summed E-state index contributed by atoms with van der Waals surface area (Å²) in [7, 11) is 3.83. The lowest BCUT2D eigenvalue weighted by Crippen LogP contribution is -2.26. The Hall–Kier alpha value is -2.58. The van der Waals surface area contributed by atoms with Crippen LogP contribution in [0.15, 0.2) is 52.2 Å². The van der Waals surface area contributed by atoms with Crippen LogP contribution in [0.2, 0.25) is 5.02 Å². The van der Waals surface area contributed by atoms with Gasteiger partial charge < -0.3 is 14.6 Å². The first kappa shape index (κ1) is 19.2. The number of thioether (sulfide) groups is 1. The summed E-state index contributed by atoms with van der Waals surface area (Å²) in [5.41, 5.74) is 1.72. The van der Waals surface area contributed by atoms with Crippen LogP contribution >= 0.6 is 23.4 Å². The minimum atomic E-state index is -0.125. The highest BCUT2D eigenvalue weighted by molar-refractivity contribution is 7.99. The Morgan fingerprint density at radius 2 is 2.00 bits per heavy atom. The second-order valence-corrected chi connectivity index (χ2v) is 7.19. The van der Waals surface area contributed by atoms with Crippen molar-refractivity contribution >= 4 is 35.1 Å². The molecule has 1 aromatic carbocycles. The highest BCUT2D eigenvalue weighted by Gasteiger charge is 2.12. The number of carbonyl (C=O) groups is 1. The van der Waals surface area contributed by atoms with Crippen LogP contribution in [0, 0.1) is 0 Å². The van der Waals surface area contributed by atoms with Gasteiger partial charge in [0, 0.05) is 43.0 Å². The van der Waals surface area contributed by atoms with E-state index in [1.54, 1.807) is 30.5 Å². The van der Waals surface area contributed by atoms with Crippen LogP contribution in [0.25, 0.3) is 11.5 Å². The Balaban J connectivity index is 1.52. The number of nitrogens with one attached hydrogen (secondary N) is 1. The van der Waals surface area contributed by atoms with E-state index in [0.717, 1.165) is 16.9 Å². The molecule has 3 aromatic rings. The number of rotatable bonds is 7. The average Bonchev–Trinajstić information content (AvgIpc) is 3.14. The summed E-state index contributed by atoms with van der Waals surface area (Å²) in [6.07, 6.45) is 1.73. The standard InChI is InChI=1S/C18H18ClN5O2S/c1-24(2)16-13(4-3-9-20-16)10-21-15(25)11-27-18-23-22-17(26-18)12-5-7-14(19)8-6-12/h3-9H,10-11H2,1-2H3,(H,21,25). The Morgan fingerprint density at radius 1 is 1.22 bits per heavy atom. The van der Waals surface area contributed by atoms with Crippen LogP contribution in [-0.2, 0) is 11.3 Å². The molecular formula is C18H18ClN5O2S. The third-order valence-corrected chi connectivity index (χ3v) is 4.66. The number of hydrogen-bond donors (Lipinski definition) is 1. The summed E-state index contributed by atoms with van der Waals surface area (Å²) in [4.78, 5) is 18.3. The van der Waals surface area contributed by atoms with Gasteiger partial charge in [-0.3, -0.25) is 4.79 Å². The van der Waals surface area contributed by atoms with Crippen LogP contribution in [0.1, 0.15) is 5.56 Å². The minimum Gasteiger partial charge on any atom is -0.411 e. The maximum absolute atomic E-state index is 12.1. The summed E-state index contributed by atoms with van der Waals surface area (Å²) in [5.74, 6) is 1.27. The first-order valence-corrected chi connectivity index (χ1v) is 9.49. The number of amides is 1. The number of pyridine rings is 1. The van der Waals surface area contributed by atoms with E-state index >= 15 is 0 Å². The van der Waals surface area contributed by atoms with E-state index in [2.05, 4.69) is 20.5 Å². The van der Waals surface area contributed by atoms with Crippen molar-refractivity contribution in [1.82, 2.24) is 20.5 Å². The van der Waals surface area contributed by atoms with Gasteiger partial charge in [-0.1, -0.05) is 29.4 Å². The van der Waals surface area contributed by atoms with E-state index < -0.39 is 0 Å². The van der Waals surface area contributed by atoms with Crippen molar-refractivity contribution in [1.29, 1.82) is 0 Å². The number of benzene rings is 1. The summed E-state index contributed by atoms with van der Waals surface area (Å²) < 4.78 is 5.57. The lowest BCUT2D eigenvalue weighted by atomic mass is 10.2. The topological polar surface area (TPSA) is 84.2 Å². The molecule has 0 aliphatic rings. The molecule has 0 bridgehead atoms.